The normalized spacial score (nSPS) is 19.4. The monoisotopic (exact) mass is 260 g/mol. The number of hydrogen-bond acceptors (Lipinski definition) is 2. The van der Waals surface area contributed by atoms with Crippen molar-refractivity contribution in [3.05, 3.63) is 29.8 Å². The van der Waals surface area contributed by atoms with Crippen LogP contribution >= 0.6 is 0 Å². The first-order valence-electron chi connectivity index (χ1n) is 7.67. The molecule has 1 aromatic rings. The summed E-state index contributed by atoms with van der Waals surface area (Å²) in [5.41, 5.74) is 9.27. The minimum atomic E-state index is 0.268. The summed E-state index contributed by atoms with van der Waals surface area (Å²) in [6, 6.07) is 8.86. The fraction of sp³-hybridized carbons (Fsp3) is 0.647. The molecule has 0 aromatic heterocycles. The number of para-hydroxylation sites is 1. The van der Waals surface area contributed by atoms with Gasteiger partial charge in [-0.25, -0.2) is 0 Å². The van der Waals surface area contributed by atoms with E-state index in [1.807, 2.05) is 0 Å². The van der Waals surface area contributed by atoms with Gasteiger partial charge in [0.1, 0.15) is 0 Å². The van der Waals surface area contributed by atoms with E-state index >= 15 is 0 Å². The Morgan fingerprint density at radius 3 is 2.58 bits per heavy atom. The standard InChI is InChI=1S/C17H28N2/c1-4-17(5-2,12-18)13-19-11-14(3)10-15-8-6-7-9-16(15)19/h6-9,14H,4-5,10-13,18H2,1-3H3. The van der Waals surface area contributed by atoms with Gasteiger partial charge in [0, 0.05) is 18.8 Å². The fourth-order valence-corrected chi connectivity index (χ4v) is 3.29. The zero-order valence-electron chi connectivity index (χ0n) is 12.7. The summed E-state index contributed by atoms with van der Waals surface area (Å²) in [5, 5.41) is 0. The quantitative estimate of drug-likeness (QED) is 0.878. The SMILES string of the molecule is CCC(CC)(CN)CN1CC(C)Cc2ccccc21. The molecule has 2 nitrogen and oxygen atoms in total. The largest absolute Gasteiger partial charge is 0.370 e. The Labute approximate surface area is 118 Å². The maximum absolute atomic E-state index is 6.07. The molecule has 106 valence electrons. The lowest BCUT2D eigenvalue weighted by atomic mass is 9.80. The van der Waals surface area contributed by atoms with Gasteiger partial charge in [0.05, 0.1) is 0 Å². The number of anilines is 1. The number of nitrogens with zero attached hydrogens (tertiary/aromatic N) is 1. The second-order valence-corrected chi connectivity index (χ2v) is 6.23. The van der Waals surface area contributed by atoms with E-state index in [2.05, 4.69) is 49.9 Å². The molecular formula is C17H28N2. The average molecular weight is 260 g/mol. The smallest absolute Gasteiger partial charge is 0.0399 e. The number of hydrogen-bond donors (Lipinski definition) is 1. The lowest BCUT2D eigenvalue weighted by Crippen LogP contribution is -2.45. The molecule has 0 bridgehead atoms. The molecule has 19 heavy (non-hydrogen) atoms. The lowest BCUT2D eigenvalue weighted by molar-refractivity contribution is 0.271. The van der Waals surface area contributed by atoms with E-state index in [0.29, 0.717) is 0 Å². The van der Waals surface area contributed by atoms with Crippen LogP contribution in [0.1, 0.15) is 39.2 Å². The van der Waals surface area contributed by atoms with Crippen LogP contribution < -0.4 is 10.6 Å². The van der Waals surface area contributed by atoms with Crippen LogP contribution in [0.5, 0.6) is 0 Å². The third kappa shape index (κ3) is 2.94. The van der Waals surface area contributed by atoms with Gasteiger partial charge in [-0.05, 0) is 48.8 Å². The molecule has 0 saturated carbocycles. The topological polar surface area (TPSA) is 29.3 Å². The molecule has 2 heteroatoms. The van der Waals surface area contributed by atoms with E-state index in [1.165, 1.54) is 24.2 Å². The van der Waals surface area contributed by atoms with E-state index in [4.69, 9.17) is 5.73 Å². The summed E-state index contributed by atoms with van der Waals surface area (Å²) in [5.74, 6) is 0.735. The predicted molar refractivity (Wildman–Crippen MR) is 83.6 cm³/mol. The number of rotatable bonds is 5. The van der Waals surface area contributed by atoms with Crippen molar-refractivity contribution in [1.82, 2.24) is 0 Å². The second-order valence-electron chi connectivity index (χ2n) is 6.23. The highest BCUT2D eigenvalue weighted by Crippen LogP contribution is 2.34. The fourth-order valence-electron chi connectivity index (χ4n) is 3.29. The van der Waals surface area contributed by atoms with Gasteiger partial charge in [-0.3, -0.25) is 0 Å². The number of benzene rings is 1. The maximum Gasteiger partial charge on any atom is 0.0399 e. The summed E-state index contributed by atoms with van der Waals surface area (Å²) in [6.45, 7) is 9.94. The second kappa shape index (κ2) is 5.96. The molecule has 0 radical (unpaired) electrons. The highest BCUT2D eigenvalue weighted by molar-refractivity contribution is 5.56. The number of nitrogens with two attached hydrogens (primary N) is 1. The molecule has 1 unspecified atom stereocenters. The van der Waals surface area contributed by atoms with Crippen molar-refractivity contribution in [2.45, 2.75) is 40.0 Å². The van der Waals surface area contributed by atoms with Crippen molar-refractivity contribution >= 4 is 5.69 Å². The van der Waals surface area contributed by atoms with E-state index in [9.17, 15) is 0 Å². The van der Waals surface area contributed by atoms with Crippen molar-refractivity contribution in [2.75, 3.05) is 24.5 Å². The first-order valence-corrected chi connectivity index (χ1v) is 7.67. The van der Waals surface area contributed by atoms with Crippen molar-refractivity contribution in [3.8, 4) is 0 Å². The molecule has 1 aromatic carbocycles. The van der Waals surface area contributed by atoms with E-state index in [-0.39, 0.29) is 5.41 Å². The molecule has 2 rings (SSSR count). The van der Waals surface area contributed by atoms with Gasteiger partial charge >= 0.3 is 0 Å². The van der Waals surface area contributed by atoms with E-state index < -0.39 is 0 Å². The molecule has 0 spiro atoms. The molecule has 0 amide bonds. The van der Waals surface area contributed by atoms with Gasteiger partial charge in [-0.15, -0.1) is 0 Å². The van der Waals surface area contributed by atoms with Gasteiger partial charge in [0.25, 0.3) is 0 Å². The van der Waals surface area contributed by atoms with Gasteiger partial charge in [-0.1, -0.05) is 39.0 Å². The maximum atomic E-state index is 6.07. The first-order chi connectivity index (χ1) is 9.14. The molecule has 1 heterocycles. The zero-order valence-corrected chi connectivity index (χ0v) is 12.7. The summed E-state index contributed by atoms with van der Waals surface area (Å²) in [6.07, 6.45) is 3.53. The Morgan fingerprint density at radius 1 is 1.26 bits per heavy atom. The molecule has 1 atom stereocenters. The van der Waals surface area contributed by atoms with Crippen molar-refractivity contribution < 1.29 is 0 Å². The van der Waals surface area contributed by atoms with Crippen LogP contribution in [0.15, 0.2) is 24.3 Å². The Hall–Kier alpha value is -1.02. The molecular weight excluding hydrogens is 232 g/mol. The minimum absolute atomic E-state index is 0.268. The summed E-state index contributed by atoms with van der Waals surface area (Å²) >= 11 is 0. The Bertz CT molecular complexity index is 401. The third-order valence-electron chi connectivity index (χ3n) is 4.89. The predicted octanol–water partition coefficient (Wildman–Crippen LogP) is 3.45. The highest BCUT2D eigenvalue weighted by atomic mass is 15.1. The van der Waals surface area contributed by atoms with Gasteiger partial charge in [0.15, 0.2) is 0 Å². The van der Waals surface area contributed by atoms with Crippen LogP contribution in [0.4, 0.5) is 5.69 Å². The summed E-state index contributed by atoms with van der Waals surface area (Å²) < 4.78 is 0. The molecule has 0 aliphatic carbocycles. The highest BCUT2D eigenvalue weighted by Gasteiger charge is 2.30. The Balaban J connectivity index is 2.25. The van der Waals surface area contributed by atoms with Crippen molar-refractivity contribution in [3.63, 3.8) is 0 Å². The molecule has 1 aliphatic rings. The van der Waals surface area contributed by atoms with Crippen molar-refractivity contribution in [2.24, 2.45) is 17.1 Å². The average Bonchev–Trinajstić information content (AvgIpc) is 2.44. The molecule has 1 aliphatic heterocycles. The van der Waals surface area contributed by atoms with E-state index in [0.717, 1.165) is 31.8 Å². The Morgan fingerprint density at radius 2 is 1.95 bits per heavy atom. The molecule has 0 saturated heterocycles. The first kappa shape index (κ1) is 14.4. The lowest BCUT2D eigenvalue weighted by Gasteiger charge is -2.42. The molecule has 0 fully saturated rings. The van der Waals surface area contributed by atoms with Gasteiger partial charge < -0.3 is 10.6 Å². The Kier molecular flexibility index (Phi) is 4.51. The van der Waals surface area contributed by atoms with Crippen LogP contribution in [0.3, 0.4) is 0 Å². The van der Waals surface area contributed by atoms with Crippen molar-refractivity contribution in [1.29, 1.82) is 0 Å². The zero-order chi connectivity index (χ0) is 13.9. The summed E-state index contributed by atoms with van der Waals surface area (Å²) in [7, 11) is 0. The third-order valence-corrected chi connectivity index (χ3v) is 4.89. The number of fused-ring (bicyclic) bond motifs is 1. The van der Waals surface area contributed by atoms with Crippen LogP contribution in [-0.2, 0) is 6.42 Å². The summed E-state index contributed by atoms with van der Waals surface area (Å²) in [4.78, 5) is 2.57. The van der Waals surface area contributed by atoms with Crippen LogP contribution in [-0.4, -0.2) is 19.6 Å². The minimum Gasteiger partial charge on any atom is -0.370 e. The van der Waals surface area contributed by atoms with Crippen LogP contribution in [0.2, 0.25) is 0 Å². The van der Waals surface area contributed by atoms with Gasteiger partial charge in [-0.2, -0.15) is 0 Å². The van der Waals surface area contributed by atoms with Crippen LogP contribution in [0, 0.1) is 11.3 Å². The van der Waals surface area contributed by atoms with Gasteiger partial charge in [0.2, 0.25) is 0 Å². The van der Waals surface area contributed by atoms with E-state index in [1.54, 1.807) is 0 Å². The van der Waals surface area contributed by atoms with Crippen LogP contribution in [0.25, 0.3) is 0 Å². The molecule has 2 N–H and O–H groups in total.